The lowest BCUT2D eigenvalue weighted by molar-refractivity contribution is -0.384. The normalized spacial score (nSPS) is 11.8. The Morgan fingerprint density at radius 1 is 1.64 bits per heavy atom. The lowest BCUT2D eigenvalue weighted by atomic mass is 10.2. The molecule has 0 amide bonds. The van der Waals surface area contributed by atoms with Crippen LogP contribution in [0.15, 0.2) is 18.5 Å². The molecule has 13 heteroatoms. The fourth-order valence-corrected chi connectivity index (χ4v) is 2.47. The van der Waals surface area contributed by atoms with Crippen LogP contribution in [-0.4, -0.2) is 43.2 Å². The van der Waals surface area contributed by atoms with Crippen LogP contribution in [0, 0.1) is 10.1 Å². The summed E-state index contributed by atoms with van der Waals surface area (Å²) < 4.78 is 18.4. The van der Waals surface area contributed by atoms with Crippen LogP contribution >= 0.6 is 23.9 Å². The molecule has 0 aliphatic rings. The van der Waals surface area contributed by atoms with Gasteiger partial charge in [0.05, 0.1) is 12.0 Å². The summed E-state index contributed by atoms with van der Waals surface area (Å²) in [7, 11) is 1.18. The molecule has 0 radical (unpaired) electrons. The van der Waals surface area contributed by atoms with Gasteiger partial charge in [0.1, 0.15) is 12.2 Å². The molecule has 2 rings (SSSR count). The summed E-state index contributed by atoms with van der Waals surface area (Å²) in [6.45, 7) is 1.67. The number of esters is 1. The van der Waals surface area contributed by atoms with E-state index in [-0.39, 0.29) is 35.7 Å². The number of aromatic nitrogens is 4. The molecule has 1 unspecified atom stereocenters. The van der Waals surface area contributed by atoms with Crippen LogP contribution in [0.5, 0.6) is 0 Å². The molecule has 0 saturated heterocycles. The van der Waals surface area contributed by atoms with Crippen LogP contribution in [-0.2, 0) is 9.53 Å². The number of nitro groups is 1. The van der Waals surface area contributed by atoms with E-state index in [9.17, 15) is 18.8 Å². The summed E-state index contributed by atoms with van der Waals surface area (Å²) in [5, 5.41) is 15.0. The van der Waals surface area contributed by atoms with Crippen molar-refractivity contribution >= 4 is 47.2 Å². The first kappa shape index (κ1) is 18.9. The molecular weight excluding hydrogens is 379 g/mol. The minimum Gasteiger partial charge on any atom is -0.467 e. The third kappa shape index (κ3) is 3.96. The molecule has 1 atom stereocenters. The second kappa shape index (κ2) is 8.07. The first-order valence-electron chi connectivity index (χ1n) is 6.81. The van der Waals surface area contributed by atoms with E-state index in [0.717, 1.165) is 10.3 Å². The highest BCUT2D eigenvalue weighted by atomic mass is 35.5. The van der Waals surface area contributed by atoms with Crippen LogP contribution in [0.2, 0.25) is 5.28 Å². The maximum Gasteiger partial charge on any atom is 0.330 e. The minimum atomic E-state index is -0.998. The van der Waals surface area contributed by atoms with Crippen molar-refractivity contribution in [3.63, 3.8) is 0 Å². The first-order valence-corrected chi connectivity index (χ1v) is 7.86. The Bertz CT molecular complexity index is 791. The van der Waals surface area contributed by atoms with Gasteiger partial charge >= 0.3 is 11.7 Å². The number of ether oxygens (including phenoxy) is 1. The topological polar surface area (TPSA) is 116 Å². The van der Waals surface area contributed by atoms with Gasteiger partial charge in [-0.25, -0.2) is 9.78 Å². The molecule has 0 aliphatic heterocycles. The first-order chi connectivity index (χ1) is 11.9. The molecule has 0 aromatic carbocycles. The van der Waals surface area contributed by atoms with Gasteiger partial charge in [-0.15, -0.1) is 8.98 Å². The van der Waals surface area contributed by atoms with Gasteiger partial charge in [-0.1, -0.05) is 6.92 Å². The number of carbonyl (C=O) groups is 1. The van der Waals surface area contributed by atoms with E-state index in [4.69, 9.17) is 16.3 Å². The minimum absolute atomic E-state index is 0.0558. The van der Waals surface area contributed by atoms with Gasteiger partial charge < -0.3 is 4.74 Å². The van der Waals surface area contributed by atoms with Gasteiger partial charge in [0.25, 0.3) is 0 Å². The average Bonchev–Trinajstić information content (AvgIpc) is 3.07. The van der Waals surface area contributed by atoms with E-state index in [1.165, 1.54) is 24.3 Å². The molecule has 0 saturated carbocycles. The largest absolute Gasteiger partial charge is 0.467 e. The number of halogens is 2. The summed E-state index contributed by atoms with van der Waals surface area (Å²) in [5.41, 5.74) is -0.491. The lowest BCUT2D eigenvalue weighted by Crippen LogP contribution is -2.39. The Labute approximate surface area is 150 Å². The van der Waals surface area contributed by atoms with Crippen molar-refractivity contribution in [1.29, 1.82) is 0 Å². The van der Waals surface area contributed by atoms with E-state index in [2.05, 4.69) is 15.1 Å². The zero-order valence-corrected chi connectivity index (χ0v) is 14.6. The zero-order chi connectivity index (χ0) is 18.6. The Kier molecular flexibility index (Phi) is 6.09. The van der Waals surface area contributed by atoms with E-state index in [1.807, 2.05) is 0 Å². The second-order valence-electron chi connectivity index (χ2n) is 4.57. The summed E-state index contributed by atoms with van der Waals surface area (Å²) in [6.07, 6.45) is 2.41. The van der Waals surface area contributed by atoms with Crippen molar-refractivity contribution in [2.75, 3.05) is 12.0 Å². The smallest absolute Gasteiger partial charge is 0.330 e. The molecule has 0 fully saturated rings. The van der Waals surface area contributed by atoms with E-state index < -0.39 is 22.6 Å². The third-order valence-electron chi connectivity index (χ3n) is 3.19. The molecule has 10 nitrogen and oxygen atoms in total. The molecule has 2 heterocycles. The Morgan fingerprint density at radius 3 is 2.88 bits per heavy atom. The number of anilines is 2. The molecule has 0 bridgehead atoms. The molecular formula is C12H12ClFN6O4S. The number of nitrogens with zero attached hydrogens (tertiary/aromatic N) is 6. The number of hydrogen-bond acceptors (Lipinski definition) is 9. The van der Waals surface area contributed by atoms with Crippen molar-refractivity contribution < 1.29 is 18.3 Å². The van der Waals surface area contributed by atoms with Crippen molar-refractivity contribution in [3.05, 3.63) is 33.9 Å². The predicted octanol–water partition coefficient (Wildman–Crippen LogP) is 2.71. The molecule has 0 N–H and O–H groups in total. The summed E-state index contributed by atoms with van der Waals surface area (Å²) in [5.74, 6) is -0.870. The number of carbonyl (C=O) groups excluding carboxylic acids is 1. The molecule has 2 aromatic heterocycles. The van der Waals surface area contributed by atoms with E-state index in [0.29, 0.717) is 0 Å². The van der Waals surface area contributed by atoms with Crippen LogP contribution in [0.1, 0.15) is 13.3 Å². The average molecular weight is 391 g/mol. The number of hydrogen-bond donors (Lipinski definition) is 0. The highest BCUT2D eigenvalue weighted by Crippen LogP contribution is 2.34. The maximum atomic E-state index is 12.7. The van der Waals surface area contributed by atoms with Crippen molar-refractivity contribution in [3.8, 4) is 0 Å². The Morgan fingerprint density at radius 2 is 2.36 bits per heavy atom. The predicted molar refractivity (Wildman–Crippen MR) is 88.3 cm³/mol. The van der Waals surface area contributed by atoms with Crippen LogP contribution in [0.4, 0.5) is 21.2 Å². The van der Waals surface area contributed by atoms with Gasteiger partial charge in [-0.2, -0.15) is 9.07 Å². The summed E-state index contributed by atoms with van der Waals surface area (Å²) in [6, 6.07) is 0.375. The second-order valence-corrected chi connectivity index (χ2v) is 5.42. The quantitative estimate of drug-likeness (QED) is 0.304. The lowest BCUT2D eigenvalue weighted by Gasteiger charge is -2.27. The van der Waals surface area contributed by atoms with Crippen molar-refractivity contribution in [1.82, 2.24) is 19.2 Å². The Balaban J connectivity index is 2.68. The third-order valence-corrected chi connectivity index (χ3v) is 3.71. The highest BCUT2D eigenvalue weighted by Gasteiger charge is 2.34. The molecule has 2 aromatic rings. The number of rotatable bonds is 7. The van der Waals surface area contributed by atoms with Gasteiger partial charge in [0.15, 0.2) is 18.2 Å². The van der Waals surface area contributed by atoms with Crippen molar-refractivity contribution in [2.45, 2.75) is 19.4 Å². The number of methoxy groups -OCH3 is 1. The fourth-order valence-electron chi connectivity index (χ4n) is 2.12. The molecule has 0 aliphatic carbocycles. The van der Waals surface area contributed by atoms with Gasteiger partial charge in [-0.3, -0.25) is 15.0 Å². The van der Waals surface area contributed by atoms with Crippen LogP contribution in [0.3, 0.4) is 0 Å². The zero-order valence-electron chi connectivity index (χ0n) is 13.0. The van der Waals surface area contributed by atoms with Crippen LogP contribution < -0.4 is 4.90 Å². The summed E-state index contributed by atoms with van der Waals surface area (Å²) >= 11 is 5.59. The fraction of sp³-hybridized carbons (Fsp3) is 0.333. The SMILES string of the molecule is CCC(C(=O)OC)N(c1ccn(SF)n1)c1nc(Cl)ncc1[N+](=O)[O-]. The molecule has 25 heavy (non-hydrogen) atoms. The van der Waals surface area contributed by atoms with Gasteiger partial charge in [0.2, 0.25) is 11.1 Å². The maximum absolute atomic E-state index is 12.7. The van der Waals surface area contributed by atoms with Crippen molar-refractivity contribution in [2.24, 2.45) is 0 Å². The monoisotopic (exact) mass is 390 g/mol. The molecule has 134 valence electrons. The molecule has 0 spiro atoms. The van der Waals surface area contributed by atoms with Crippen LogP contribution in [0.25, 0.3) is 0 Å². The van der Waals surface area contributed by atoms with E-state index in [1.54, 1.807) is 6.92 Å². The summed E-state index contributed by atoms with van der Waals surface area (Å²) in [4.78, 5) is 31.4. The van der Waals surface area contributed by atoms with Gasteiger partial charge in [-0.05, 0) is 18.0 Å². The standard InChI is InChI=1S/C12H12ClFN6O4S/c1-3-7(11(21)24-2)19(9-4-5-18(17-9)25-14)10-8(20(22)23)6-15-12(13)16-10/h4-7H,3H2,1-2H3. The van der Waals surface area contributed by atoms with E-state index >= 15 is 0 Å². The highest BCUT2D eigenvalue weighted by molar-refractivity contribution is 7.92. The van der Waals surface area contributed by atoms with Gasteiger partial charge in [0, 0.05) is 12.3 Å². The Hall–Kier alpha value is -2.47.